The van der Waals surface area contributed by atoms with Crippen molar-refractivity contribution in [1.29, 1.82) is 0 Å². The summed E-state index contributed by atoms with van der Waals surface area (Å²) in [6.45, 7) is 2.08. The van der Waals surface area contributed by atoms with E-state index >= 15 is 0 Å². The highest BCUT2D eigenvalue weighted by Gasteiger charge is 2.13. The van der Waals surface area contributed by atoms with Gasteiger partial charge in [0.25, 0.3) is 0 Å². The molecule has 2 aromatic carbocycles. The van der Waals surface area contributed by atoms with Gasteiger partial charge < -0.3 is 10.1 Å². The topological polar surface area (TPSA) is 21.3 Å². The monoisotopic (exact) mass is 417 g/mol. The molecule has 106 valence electrons. The fourth-order valence-corrected chi connectivity index (χ4v) is 2.87. The molecule has 0 saturated carbocycles. The molecule has 20 heavy (non-hydrogen) atoms. The van der Waals surface area contributed by atoms with Gasteiger partial charge in [0, 0.05) is 20.6 Å². The minimum atomic E-state index is 0.178. The van der Waals surface area contributed by atoms with Gasteiger partial charge in [-0.2, -0.15) is 0 Å². The Kier molecular flexibility index (Phi) is 5.49. The molecule has 0 bridgehead atoms. The van der Waals surface area contributed by atoms with Crippen molar-refractivity contribution < 1.29 is 4.74 Å². The zero-order valence-corrected chi connectivity index (χ0v) is 15.0. The molecule has 0 heterocycles. The van der Waals surface area contributed by atoms with Gasteiger partial charge in [-0.15, -0.1) is 0 Å². The molecule has 0 aromatic heterocycles. The fraction of sp³-hybridized carbons (Fsp3) is 0.200. The van der Waals surface area contributed by atoms with E-state index in [4.69, 9.17) is 16.3 Å². The number of hydrogen-bond donors (Lipinski definition) is 1. The van der Waals surface area contributed by atoms with E-state index < -0.39 is 0 Å². The van der Waals surface area contributed by atoms with Gasteiger partial charge >= 0.3 is 0 Å². The Morgan fingerprint density at radius 3 is 2.25 bits per heavy atom. The van der Waals surface area contributed by atoms with Gasteiger partial charge in [0.2, 0.25) is 0 Å². The largest absolute Gasteiger partial charge is 0.455 e. The normalized spacial score (nSPS) is 12.2. The maximum absolute atomic E-state index is 6.20. The van der Waals surface area contributed by atoms with Crippen LogP contribution in [0, 0.1) is 0 Å². The van der Waals surface area contributed by atoms with Crippen molar-refractivity contribution in [2.24, 2.45) is 0 Å². The molecule has 0 spiro atoms. The highest BCUT2D eigenvalue weighted by molar-refractivity contribution is 9.10. The summed E-state index contributed by atoms with van der Waals surface area (Å²) in [6, 6.07) is 11.7. The lowest BCUT2D eigenvalue weighted by atomic mass is 10.1. The van der Waals surface area contributed by atoms with Crippen LogP contribution < -0.4 is 10.1 Å². The fourth-order valence-electron chi connectivity index (χ4n) is 1.78. The molecule has 5 heteroatoms. The van der Waals surface area contributed by atoms with E-state index in [9.17, 15) is 0 Å². The van der Waals surface area contributed by atoms with E-state index in [1.807, 2.05) is 43.4 Å². The van der Waals surface area contributed by atoms with Crippen molar-refractivity contribution in [3.05, 3.63) is 55.9 Å². The third-order valence-electron chi connectivity index (χ3n) is 2.99. The van der Waals surface area contributed by atoms with Crippen molar-refractivity contribution in [1.82, 2.24) is 5.32 Å². The van der Waals surface area contributed by atoms with E-state index in [1.165, 1.54) is 0 Å². The molecule has 0 amide bonds. The summed E-state index contributed by atoms with van der Waals surface area (Å²) < 4.78 is 7.90. The first-order valence-corrected chi connectivity index (χ1v) is 8.07. The minimum Gasteiger partial charge on any atom is -0.455 e. The molecule has 2 aromatic rings. The van der Waals surface area contributed by atoms with Crippen molar-refractivity contribution in [2.75, 3.05) is 7.05 Å². The van der Waals surface area contributed by atoms with Gasteiger partial charge in [-0.05, 0) is 50.4 Å². The highest BCUT2D eigenvalue weighted by Crippen LogP contribution is 2.36. The van der Waals surface area contributed by atoms with Gasteiger partial charge in [-0.1, -0.05) is 43.5 Å². The number of halogens is 3. The van der Waals surface area contributed by atoms with Gasteiger partial charge in [-0.3, -0.25) is 0 Å². The summed E-state index contributed by atoms with van der Waals surface area (Å²) in [7, 11) is 1.92. The summed E-state index contributed by atoms with van der Waals surface area (Å²) in [6.07, 6.45) is 0. The Morgan fingerprint density at radius 2 is 1.65 bits per heavy atom. The molecule has 2 nitrogen and oxygen atoms in total. The van der Waals surface area contributed by atoms with E-state index in [0.717, 1.165) is 20.3 Å². The first kappa shape index (κ1) is 15.8. The second kappa shape index (κ2) is 6.94. The molecule has 0 aliphatic rings. The van der Waals surface area contributed by atoms with Crippen LogP contribution in [0.2, 0.25) is 5.02 Å². The second-order valence-electron chi connectivity index (χ2n) is 4.37. The second-order valence-corrected chi connectivity index (χ2v) is 6.61. The zero-order chi connectivity index (χ0) is 14.7. The molecule has 0 aliphatic carbocycles. The van der Waals surface area contributed by atoms with Crippen LogP contribution in [0.3, 0.4) is 0 Å². The van der Waals surface area contributed by atoms with Crippen LogP contribution in [0.15, 0.2) is 45.3 Å². The van der Waals surface area contributed by atoms with Crippen LogP contribution >= 0.6 is 43.5 Å². The average Bonchev–Trinajstić information content (AvgIpc) is 2.42. The SMILES string of the molecule is CNC(C)c1cc(Br)ccc1Oc1ccc(Br)cc1Cl. The van der Waals surface area contributed by atoms with Gasteiger partial charge in [-0.25, -0.2) is 0 Å². The molecular formula is C15H14Br2ClNO. The first-order valence-electron chi connectivity index (χ1n) is 6.11. The van der Waals surface area contributed by atoms with Crippen LogP contribution in [0.1, 0.15) is 18.5 Å². The molecule has 2 rings (SSSR count). The van der Waals surface area contributed by atoms with Gasteiger partial charge in [0.05, 0.1) is 5.02 Å². The van der Waals surface area contributed by atoms with Crippen molar-refractivity contribution in [3.63, 3.8) is 0 Å². The number of rotatable bonds is 4. The first-order chi connectivity index (χ1) is 9.51. The predicted octanol–water partition coefficient (Wildman–Crippen LogP) is 5.94. The number of hydrogen-bond acceptors (Lipinski definition) is 2. The summed E-state index contributed by atoms with van der Waals surface area (Å²) in [4.78, 5) is 0. The van der Waals surface area contributed by atoms with Crippen LogP contribution in [-0.2, 0) is 0 Å². The zero-order valence-electron chi connectivity index (χ0n) is 11.1. The predicted molar refractivity (Wildman–Crippen MR) is 90.8 cm³/mol. The average molecular weight is 420 g/mol. The third kappa shape index (κ3) is 3.76. The molecule has 0 radical (unpaired) electrons. The summed E-state index contributed by atoms with van der Waals surface area (Å²) in [5.74, 6) is 1.43. The molecule has 0 aliphatic heterocycles. The molecule has 1 atom stereocenters. The van der Waals surface area contributed by atoms with E-state index in [1.54, 1.807) is 0 Å². The molecule has 0 fully saturated rings. The molecular weight excluding hydrogens is 405 g/mol. The lowest BCUT2D eigenvalue weighted by Gasteiger charge is -2.17. The van der Waals surface area contributed by atoms with Crippen LogP contribution in [-0.4, -0.2) is 7.05 Å². The molecule has 1 N–H and O–H groups in total. The maximum atomic E-state index is 6.20. The Balaban J connectivity index is 2.37. The lowest BCUT2D eigenvalue weighted by molar-refractivity contribution is 0.466. The van der Waals surface area contributed by atoms with Crippen LogP contribution in [0.4, 0.5) is 0 Å². The summed E-state index contributed by atoms with van der Waals surface area (Å²) in [5, 5.41) is 3.79. The Bertz CT molecular complexity index is 619. The number of ether oxygens (including phenoxy) is 1. The van der Waals surface area contributed by atoms with Crippen LogP contribution in [0.5, 0.6) is 11.5 Å². The summed E-state index contributed by atoms with van der Waals surface area (Å²) in [5.41, 5.74) is 1.07. The Labute approximate surface area is 140 Å². The number of benzene rings is 2. The standard InChI is InChI=1S/C15H14Br2ClNO/c1-9(19-2)12-7-10(16)3-5-14(12)20-15-6-4-11(17)8-13(15)18/h3-9,19H,1-2H3. The van der Waals surface area contributed by atoms with Gasteiger partial charge in [0.15, 0.2) is 0 Å². The molecule has 0 saturated heterocycles. The van der Waals surface area contributed by atoms with E-state index in [0.29, 0.717) is 10.8 Å². The maximum Gasteiger partial charge on any atom is 0.146 e. The third-order valence-corrected chi connectivity index (χ3v) is 4.27. The minimum absolute atomic E-state index is 0.178. The molecule has 1 unspecified atom stereocenters. The van der Waals surface area contributed by atoms with Crippen molar-refractivity contribution in [2.45, 2.75) is 13.0 Å². The Hall–Kier alpha value is -0.550. The highest BCUT2D eigenvalue weighted by atomic mass is 79.9. The number of nitrogens with one attached hydrogen (secondary N) is 1. The van der Waals surface area contributed by atoms with E-state index in [2.05, 4.69) is 44.1 Å². The van der Waals surface area contributed by atoms with Gasteiger partial charge in [0.1, 0.15) is 11.5 Å². The summed E-state index contributed by atoms with van der Waals surface area (Å²) >= 11 is 13.1. The van der Waals surface area contributed by atoms with Crippen molar-refractivity contribution in [3.8, 4) is 11.5 Å². The quantitative estimate of drug-likeness (QED) is 0.662. The van der Waals surface area contributed by atoms with E-state index in [-0.39, 0.29) is 6.04 Å². The van der Waals surface area contributed by atoms with Crippen molar-refractivity contribution >= 4 is 43.5 Å². The smallest absolute Gasteiger partial charge is 0.146 e. The van der Waals surface area contributed by atoms with Crippen LogP contribution in [0.25, 0.3) is 0 Å². The lowest BCUT2D eigenvalue weighted by Crippen LogP contribution is -2.13. The Morgan fingerprint density at radius 1 is 1.05 bits per heavy atom.